The van der Waals surface area contributed by atoms with Crippen molar-refractivity contribution in [1.82, 2.24) is 0 Å². The van der Waals surface area contributed by atoms with E-state index in [0.29, 0.717) is 5.56 Å². The van der Waals surface area contributed by atoms with E-state index in [-0.39, 0.29) is 5.75 Å². The van der Waals surface area contributed by atoms with Gasteiger partial charge in [0.05, 0.1) is 6.04 Å². The molecule has 1 aromatic rings. The zero-order valence-electron chi connectivity index (χ0n) is 7.63. The minimum Gasteiger partial charge on any atom is -0.508 e. The summed E-state index contributed by atoms with van der Waals surface area (Å²) in [5.74, 6) is 0.0875. The van der Waals surface area contributed by atoms with Gasteiger partial charge in [0.2, 0.25) is 0 Å². The molecule has 0 aliphatic rings. The van der Waals surface area contributed by atoms with Crippen molar-refractivity contribution in [1.29, 1.82) is 0 Å². The lowest BCUT2D eigenvalue weighted by Gasteiger charge is -2.10. The molecule has 0 spiro atoms. The maximum atomic E-state index is 12.2. The topological polar surface area (TPSA) is 46.2 Å². The molecule has 0 bridgehead atoms. The molecule has 3 heteroatoms. The molecule has 0 radical (unpaired) electrons. The fourth-order valence-corrected chi connectivity index (χ4v) is 1.21. The van der Waals surface area contributed by atoms with Gasteiger partial charge in [-0.2, -0.15) is 0 Å². The van der Waals surface area contributed by atoms with Gasteiger partial charge in [0, 0.05) is 5.56 Å². The zero-order valence-corrected chi connectivity index (χ0v) is 7.63. The van der Waals surface area contributed by atoms with E-state index in [2.05, 4.69) is 0 Å². The Morgan fingerprint density at radius 2 is 2.23 bits per heavy atom. The van der Waals surface area contributed by atoms with Crippen LogP contribution in [0.25, 0.3) is 0 Å². The molecular weight excluding hydrogens is 169 g/mol. The molecule has 0 aliphatic carbocycles. The summed E-state index contributed by atoms with van der Waals surface area (Å²) < 4.78 is 12.2. The van der Waals surface area contributed by atoms with E-state index >= 15 is 0 Å². The maximum Gasteiger partial charge on any atom is 0.120 e. The van der Waals surface area contributed by atoms with Gasteiger partial charge >= 0.3 is 0 Å². The highest BCUT2D eigenvalue weighted by atomic mass is 19.1. The molecule has 3 N–H and O–H groups in total. The summed E-state index contributed by atoms with van der Waals surface area (Å²) in [5.41, 5.74) is 6.94. The van der Waals surface area contributed by atoms with Gasteiger partial charge in [-0.25, -0.2) is 4.39 Å². The summed E-state index contributed by atoms with van der Waals surface area (Å²) >= 11 is 0. The van der Waals surface area contributed by atoms with Crippen molar-refractivity contribution in [3.8, 4) is 5.75 Å². The highest BCUT2D eigenvalue weighted by molar-refractivity contribution is 5.38. The standard InChI is InChI=1S/C10H14FNO/c1-2-7-3-4-8(9(12)6-11)10(13)5-7/h3-5,9,13H,2,6,12H2,1H3. The van der Waals surface area contributed by atoms with Crippen molar-refractivity contribution in [2.45, 2.75) is 19.4 Å². The predicted octanol–water partition coefficient (Wildman–Crippen LogP) is 1.92. The number of phenolic OH excluding ortho intramolecular Hbond substituents is 1. The van der Waals surface area contributed by atoms with Crippen LogP contribution < -0.4 is 5.73 Å². The molecule has 1 unspecified atom stereocenters. The Morgan fingerprint density at radius 1 is 1.54 bits per heavy atom. The molecule has 0 saturated heterocycles. The Morgan fingerprint density at radius 3 is 2.69 bits per heavy atom. The van der Waals surface area contributed by atoms with Crippen LogP contribution in [0.2, 0.25) is 0 Å². The van der Waals surface area contributed by atoms with E-state index in [9.17, 15) is 9.50 Å². The summed E-state index contributed by atoms with van der Waals surface area (Å²) in [5, 5.41) is 9.48. The van der Waals surface area contributed by atoms with Crippen LogP contribution in [0.15, 0.2) is 18.2 Å². The highest BCUT2D eigenvalue weighted by Gasteiger charge is 2.10. The molecule has 0 saturated carbocycles. The Hall–Kier alpha value is -1.09. The largest absolute Gasteiger partial charge is 0.508 e. The fraction of sp³-hybridized carbons (Fsp3) is 0.400. The first-order chi connectivity index (χ1) is 6.19. The Kier molecular flexibility index (Phi) is 3.25. The summed E-state index contributed by atoms with van der Waals surface area (Å²) in [7, 11) is 0. The molecule has 0 fully saturated rings. The SMILES string of the molecule is CCc1ccc(C(N)CF)c(O)c1. The number of halogens is 1. The van der Waals surface area contributed by atoms with Crippen LogP contribution in [0.1, 0.15) is 24.1 Å². The first kappa shape index (κ1) is 9.99. The summed E-state index contributed by atoms with van der Waals surface area (Å²) in [4.78, 5) is 0. The van der Waals surface area contributed by atoms with Gasteiger partial charge in [-0.1, -0.05) is 19.1 Å². The van der Waals surface area contributed by atoms with E-state index < -0.39 is 12.7 Å². The van der Waals surface area contributed by atoms with Crippen LogP contribution in [0.4, 0.5) is 4.39 Å². The Bertz CT molecular complexity index is 288. The monoisotopic (exact) mass is 183 g/mol. The lowest BCUT2D eigenvalue weighted by atomic mass is 10.0. The smallest absolute Gasteiger partial charge is 0.120 e. The van der Waals surface area contributed by atoms with Crippen molar-refractivity contribution >= 4 is 0 Å². The molecule has 2 nitrogen and oxygen atoms in total. The van der Waals surface area contributed by atoms with Crippen LogP contribution in [-0.4, -0.2) is 11.8 Å². The average Bonchev–Trinajstić information content (AvgIpc) is 2.16. The minimum absolute atomic E-state index is 0.0875. The molecule has 1 aromatic carbocycles. The minimum atomic E-state index is -0.717. The lowest BCUT2D eigenvalue weighted by Crippen LogP contribution is -2.12. The maximum absolute atomic E-state index is 12.2. The van der Waals surface area contributed by atoms with Crippen LogP contribution in [0, 0.1) is 0 Å². The second kappa shape index (κ2) is 4.23. The van der Waals surface area contributed by atoms with E-state index in [0.717, 1.165) is 12.0 Å². The molecule has 0 heterocycles. The number of hydrogen-bond donors (Lipinski definition) is 2. The number of aryl methyl sites for hydroxylation is 1. The molecule has 1 rings (SSSR count). The number of aromatic hydroxyl groups is 1. The zero-order chi connectivity index (χ0) is 9.84. The van der Waals surface area contributed by atoms with Gasteiger partial charge in [0.15, 0.2) is 0 Å². The van der Waals surface area contributed by atoms with Crippen LogP contribution in [-0.2, 0) is 6.42 Å². The van der Waals surface area contributed by atoms with E-state index in [1.807, 2.05) is 13.0 Å². The first-order valence-corrected chi connectivity index (χ1v) is 4.32. The number of phenols is 1. The Balaban J connectivity index is 2.98. The second-order valence-electron chi connectivity index (χ2n) is 3.01. The third-order valence-electron chi connectivity index (χ3n) is 2.07. The van der Waals surface area contributed by atoms with Crippen molar-refractivity contribution < 1.29 is 9.50 Å². The summed E-state index contributed by atoms with van der Waals surface area (Å²) in [6, 6.07) is 4.44. The molecule has 0 aliphatic heterocycles. The van der Waals surface area contributed by atoms with Gasteiger partial charge in [-0.15, -0.1) is 0 Å². The second-order valence-corrected chi connectivity index (χ2v) is 3.01. The fourth-order valence-electron chi connectivity index (χ4n) is 1.21. The number of rotatable bonds is 3. The third-order valence-corrected chi connectivity index (χ3v) is 2.07. The molecule has 1 atom stereocenters. The number of nitrogens with two attached hydrogens (primary N) is 1. The molecule has 0 amide bonds. The first-order valence-electron chi connectivity index (χ1n) is 4.32. The Labute approximate surface area is 77.2 Å². The molecule has 72 valence electrons. The quantitative estimate of drug-likeness (QED) is 0.752. The normalized spacial score (nSPS) is 12.8. The molecule has 13 heavy (non-hydrogen) atoms. The van der Waals surface area contributed by atoms with Crippen molar-refractivity contribution in [3.63, 3.8) is 0 Å². The molecule has 0 aromatic heterocycles. The number of alkyl halides is 1. The van der Waals surface area contributed by atoms with E-state index in [1.54, 1.807) is 12.1 Å². The number of hydrogen-bond acceptors (Lipinski definition) is 2. The van der Waals surface area contributed by atoms with Crippen LogP contribution in [0.3, 0.4) is 0 Å². The van der Waals surface area contributed by atoms with Crippen LogP contribution >= 0.6 is 0 Å². The van der Waals surface area contributed by atoms with Gasteiger partial charge < -0.3 is 10.8 Å². The highest BCUT2D eigenvalue weighted by Crippen LogP contribution is 2.24. The summed E-state index contributed by atoms with van der Waals surface area (Å²) in [6.07, 6.45) is 0.846. The van der Waals surface area contributed by atoms with E-state index in [1.165, 1.54) is 0 Å². The van der Waals surface area contributed by atoms with Crippen molar-refractivity contribution in [2.75, 3.05) is 6.67 Å². The van der Waals surface area contributed by atoms with Crippen molar-refractivity contribution in [3.05, 3.63) is 29.3 Å². The number of benzene rings is 1. The van der Waals surface area contributed by atoms with Crippen molar-refractivity contribution in [2.24, 2.45) is 5.73 Å². The van der Waals surface area contributed by atoms with Gasteiger partial charge in [-0.05, 0) is 18.1 Å². The van der Waals surface area contributed by atoms with Crippen LogP contribution in [0.5, 0.6) is 5.75 Å². The molecular formula is C10H14FNO. The lowest BCUT2D eigenvalue weighted by molar-refractivity contribution is 0.414. The summed E-state index contributed by atoms with van der Waals surface area (Å²) in [6.45, 7) is 1.34. The van der Waals surface area contributed by atoms with Gasteiger partial charge in [0.1, 0.15) is 12.4 Å². The predicted molar refractivity (Wildman–Crippen MR) is 50.4 cm³/mol. The van der Waals surface area contributed by atoms with Gasteiger partial charge in [-0.3, -0.25) is 0 Å². The average molecular weight is 183 g/mol. The van der Waals surface area contributed by atoms with Gasteiger partial charge in [0.25, 0.3) is 0 Å². The third kappa shape index (κ3) is 2.18. The van der Waals surface area contributed by atoms with E-state index in [4.69, 9.17) is 5.73 Å².